The molecular weight excluding hydrogens is 264 g/mol. The number of benzene rings is 1. The van der Waals surface area contributed by atoms with Crippen LogP contribution in [0.5, 0.6) is 0 Å². The van der Waals surface area contributed by atoms with E-state index in [4.69, 9.17) is 0 Å². The molecule has 0 aliphatic carbocycles. The molecule has 2 rings (SSSR count). The molecule has 0 atom stereocenters. The second-order valence-electron chi connectivity index (χ2n) is 4.63. The Morgan fingerprint density at radius 1 is 1.55 bits per heavy atom. The summed E-state index contributed by atoms with van der Waals surface area (Å²) in [6.45, 7) is 0.382. The van der Waals surface area contributed by atoms with Crippen LogP contribution in [-0.4, -0.2) is 36.2 Å². The number of nitrogens with zero attached hydrogens (tertiary/aromatic N) is 2. The highest BCUT2D eigenvalue weighted by atomic mass is 16.6. The molecule has 0 aromatic heterocycles. The molecule has 0 radical (unpaired) electrons. The molecule has 7 nitrogen and oxygen atoms in total. The molecule has 0 bridgehead atoms. The number of hydrogen-bond acceptors (Lipinski definition) is 6. The van der Waals surface area contributed by atoms with Crippen LogP contribution in [0.4, 0.5) is 11.4 Å². The molecule has 0 fully saturated rings. The van der Waals surface area contributed by atoms with Gasteiger partial charge in [0.25, 0.3) is 5.69 Å². The van der Waals surface area contributed by atoms with Gasteiger partial charge in [-0.15, -0.1) is 0 Å². The zero-order chi connectivity index (χ0) is 14.7. The molecule has 108 valence electrons. The van der Waals surface area contributed by atoms with Crippen molar-refractivity contribution < 1.29 is 19.6 Å². The van der Waals surface area contributed by atoms with Crippen molar-refractivity contribution in [1.29, 1.82) is 0 Å². The maximum atomic E-state index is 11.4. The van der Waals surface area contributed by atoms with E-state index in [1.165, 1.54) is 13.2 Å². The monoisotopic (exact) mass is 280 g/mol. The lowest BCUT2D eigenvalue weighted by Crippen LogP contribution is -2.35. The summed E-state index contributed by atoms with van der Waals surface area (Å²) in [6, 6.07) is 3.08. The molecule has 0 saturated heterocycles. The van der Waals surface area contributed by atoms with Crippen LogP contribution in [0.25, 0.3) is 0 Å². The van der Waals surface area contributed by atoms with Crippen molar-refractivity contribution in [2.45, 2.75) is 19.4 Å². The van der Waals surface area contributed by atoms with Crippen LogP contribution in [0.3, 0.4) is 0 Å². The fraction of sp³-hybridized carbons (Fsp3) is 0.462. The summed E-state index contributed by atoms with van der Waals surface area (Å²) in [4.78, 5) is 23.7. The van der Waals surface area contributed by atoms with Gasteiger partial charge in [-0.2, -0.15) is 0 Å². The van der Waals surface area contributed by atoms with E-state index in [1.54, 1.807) is 6.07 Å². The lowest BCUT2D eigenvalue weighted by molar-refractivity contribution is -0.385. The first-order valence-corrected chi connectivity index (χ1v) is 6.29. The van der Waals surface area contributed by atoms with Crippen molar-refractivity contribution in [3.8, 4) is 0 Å². The van der Waals surface area contributed by atoms with E-state index in [1.807, 2.05) is 4.90 Å². The van der Waals surface area contributed by atoms with Crippen LogP contribution in [-0.2, 0) is 22.6 Å². The molecule has 20 heavy (non-hydrogen) atoms. The van der Waals surface area contributed by atoms with Gasteiger partial charge in [-0.1, -0.05) is 0 Å². The Balaban J connectivity index is 2.41. The predicted octanol–water partition coefficient (Wildman–Crippen LogP) is 1.01. The maximum absolute atomic E-state index is 11.4. The molecule has 0 unspecified atom stereocenters. The first kappa shape index (κ1) is 14.3. The molecule has 1 aromatic rings. The van der Waals surface area contributed by atoms with Crippen LogP contribution in [0.1, 0.15) is 17.5 Å². The topological polar surface area (TPSA) is 92.9 Å². The number of nitro groups is 1. The number of aryl methyl sites for hydroxylation is 1. The van der Waals surface area contributed by atoms with E-state index in [-0.39, 0.29) is 23.8 Å². The molecule has 1 heterocycles. The van der Waals surface area contributed by atoms with Gasteiger partial charge in [0, 0.05) is 18.3 Å². The summed E-state index contributed by atoms with van der Waals surface area (Å²) >= 11 is 0. The van der Waals surface area contributed by atoms with E-state index in [2.05, 4.69) is 4.74 Å². The van der Waals surface area contributed by atoms with Gasteiger partial charge in [0.05, 0.1) is 24.2 Å². The van der Waals surface area contributed by atoms with Crippen LogP contribution in [0.2, 0.25) is 0 Å². The average Bonchev–Trinajstić information content (AvgIpc) is 2.45. The smallest absolute Gasteiger partial charge is 0.325 e. The molecule has 0 spiro atoms. The van der Waals surface area contributed by atoms with E-state index in [0.717, 1.165) is 24.1 Å². The van der Waals surface area contributed by atoms with Gasteiger partial charge in [-0.05, 0) is 24.5 Å². The summed E-state index contributed by atoms with van der Waals surface area (Å²) in [7, 11) is 1.32. The van der Waals surface area contributed by atoms with Crippen LogP contribution in [0, 0.1) is 10.1 Å². The van der Waals surface area contributed by atoms with Crippen molar-refractivity contribution in [1.82, 2.24) is 0 Å². The molecule has 7 heteroatoms. The zero-order valence-corrected chi connectivity index (χ0v) is 11.2. The Morgan fingerprint density at radius 2 is 2.30 bits per heavy atom. The Hall–Kier alpha value is -2.15. The second-order valence-corrected chi connectivity index (χ2v) is 4.63. The maximum Gasteiger partial charge on any atom is 0.325 e. The number of aliphatic hydroxyl groups excluding tert-OH is 1. The standard InChI is InChI=1S/C13H16N2O5/c1-20-13(17)7-14-4-2-3-9-5-12(15(18)19)10(8-16)6-11(9)14/h5-6,16H,2-4,7-8H2,1H3. The zero-order valence-electron chi connectivity index (χ0n) is 11.2. The van der Waals surface area contributed by atoms with Crippen molar-refractivity contribution in [2.75, 3.05) is 25.1 Å². The third-order valence-electron chi connectivity index (χ3n) is 3.41. The number of ether oxygens (including phenoxy) is 1. The van der Waals surface area contributed by atoms with Crippen LogP contribution >= 0.6 is 0 Å². The number of methoxy groups -OCH3 is 1. The summed E-state index contributed by atoms with van der Waals surface area (Å²) in [6.07, 6.45) is 1.54. The molecule has 1 N–H and O–H groups in total. The number of carbonyl (C=O) groups is 1. The molecule has 1 aliphatic heterocycles. The number of rotatable bonds is 4. The van der Waals surface area contributed by atoms with Gasteiger partial charge in [0.2, 0.25) is 0 Å². The van der Waals surface area contributed by atoms with Crippen molar-refractivity contribution >= 4 is 17.3 Å². The first-order chi connectivity index (χ1) is 9.56. The van der Waals surface area contributed by atoms with Gasteiger partial charge in [-0.3, -0.25) is 14.9 Å². The molecule has 0 saturated carbocycles. The van der Waals surface area contributed by atoms with Crippen LogP contribution < -0.4 is 4.90 Å². The molecule has 1 aromatic carbocycles. The van der Waals surface area contributed by atoms with E-state index < -0.39 is 11.5 Å². The van der Waals surface area contributed by atoms with E-state index >= 15 is 0 Å². The summed E-state index contributed by atoms with van der Waals surface area (Å²) in [5.41, 5.74) is 1.76. The third-order valence-corrected chi connectivity index (χ3v) is 3.41. The number of hydrogen-bond donors (Lipinski definition) is 1. The normalized spacial score (nSPS) is 13.8. The van der Waals surface area contributed by atoms with Crippen molar-refractivity contribution in [3.05, 3.63) is 33.4 Å². The highest BCUT2D eigenvalue weighted by Crippen LogP contribution is 2.33. The SMILES string of the molecule is COC(=O)CN1CCCc2cc([N+](=O)[O-])c(CO)cc21. The largest absolute Gasteiger partial charge is 0.468 e. The first-order valence-electron chi connectivity index (χ1n) is 6.29. The van der Waals surface area contributed by atoms with Gasteiger partial charge >= 0.3 is 5.97 Å². The Morgan fingerprint density at radius 3 is 2.90 bits per heavy atom. The van der Waals surface area contributed by atoms with Gasteiger partial charge in [-0.25, -0.2) is 0 Å². The average molecular weight is 280 g/mol. The fourth-order valence-corrected chi connectivity index (χ4v) is 2.42. The highest BCUT2D eigenvalue weighted by Gasteiger charge is 2.24. The second kappa shape index (κ2) is 5.87. The van der Waals surface area contributed by atoms with Gasteiger partial charge in [0.15, 0.2) is 0 Å². The summed E-state index contributed by atoms with van der Waals surface area (Å²) in [5, 5.41) is 20.2. The number of nitro benzene ring substituents is 1. The van der Waals surface area contributed by atoms with Crippen molar-refractivity contribution in [3.63, 3.8) is 0 Å². The predicted molar refractivity (Wildman–Crippen MR) is 71.6 cm³/mol. The molecular formula is C13H16N2O5. The summed E-state index contributed by atoms with van der Waals surface area (Å²) in [5.74, 6) is -0.359. The number of aliphatic hydroxyl groups is 1. The molecule has 0 amide bonds. The van der Waals surface area contributed by atoms with Crippen LogP contribution in [0.15, 0.2) is 12.1 Å². The van der Waals surface area contributed by atoms with E-state index in [9.17, 15) is 20.0 Å². The number of fused-ring (bicyclic) bond motifs is 1. The number of anilines is 1. The van der Waals surface area contributed by atoms with Gasteiger partial charge in [0.1, 0.15) is 6.54 Å². The Kier molecular flexibility index (Phi) is 4.19. The third kappa shape index (κ3) is 2.72. The highest BCUT2D eigenvalue weighted by molar-refractivity contribution is 5.77. The Labute approximate surface area is 115 Å². The lowest BCUT2D eigenvalue weighted by atomic mass is 9.98. The number of carbonyl (C=O) groups excluding carboxylic acids is 1. The Bertz CT molecular complexity index is 544. The minimum atomic E-state index is -0.495. The minimum absolute atomic E-state index is 0.0776. The van der Waals surface area contributed by atoms with E-state index in [0.29, 0.717) is 6.54 Å². The fourth-order valence-electron chi connectivity index (χ4n) is 2.42. The lowest BCUT2D eigenvalue weighted by Gasteiger charge is -2.30. The quantitative estimate of drug-likeness (QED) is 0.502. The minimum Gasteiger partial charge on any atom is -0.468 e. The molecule has 1 aliphatic rings. The summed E-state index contributed by atoms with van der Waals surface area (Å²) < 4.78 is 4.65. The van der Waals surface area contributed by atoms with Crippen molar-refractivity contribution in [2.24, 2.45) is 0 Å². The number of esters is 1. The van der Waals surface area contributed by atoms with Gasteiger partial charge < -0.3 is 14.7 Å².